The summed E-state index contributed by atoms with van der Waals surface area (Å²) in [5.74, 6) is 0.268. The molecule has 0 aliphatic carbocycles. The van der Waals surface area contributed by atoms with Crippen molar-refractivity contribution in [2.24, 2.45) is 0 Å². The van der Waals surface area contributed by atoms with Crippen LogP contribution in [0.4, 0.5) is 16.2 Å². The summed E-state index contributed by atoms with van der Waals surface area (Å²) in [5.41, 5.74) is 3.52. The Morgan fingerprint density at radius 3 is 2.11 bits per heavy atom. The molecule has 0 unspecified atom stereocenters. The van der Waals surface area contributed by atoms with Gasteiger partial charge in [-0.1, -0.05) is 44.2 Å². The van der Waals surface area contributed by atoms with Gasteiger partial charge in [0.1, 0.15) is 0 Å². The van der Waals surface area contributed by atoms with Crippen LogP contribution in [0.2, 0.25) is 0 Å². The van der Waals surface area contributed by atoms with Crippen molar-refractivity contribution in [1.82, 2.24) is 5.32 Å². The number of anilines is 2. The zero-order chi connectivity index (χ0) is 19.6. The minimum atomic E-state index is -0.307. The van der Waals surface area contributed by atoms with Gasteiger partial charge in [0.15, 0.2) is 0 Å². The summed E-state index contributed by atoms with van der Waals surface area (Å²) in [6, 6.07) is 14.7. The highest BCUT2D eigenvalue weighted by molar-refractivity contribution is 6.02. The SMILES string of the molecule is C=CCNC(=O)Nc1ccc(NC(=O)/C=C/c2ccc(C(C)C)cc2)cc1. The highest BCUT2D eigenvalue weighted by atomic mass is 16.2. The highest BCUT2D eigenvalue weighted by Gasteiger charge is 2.02. The number of urea groups is 1. The molecular weight excluding hydrogens is 338 g/mol. The zero-order valence-corrected chi connectivity index (χ0v) is 15.7. The van der Waals surface area contributed by atoms with E-state index in [2.05, 4.69) is 48.5 Å². The Kier molecular flexibility index (Phi) is 7.37. The second-order valence-electron chi connectivity index (χ2n) is 6.35. The lowest BCUT2D eigenvalue weighted by atomic mass is 10.0. The molecule has 0 atom stereocenters. The molecule has 140 valence electrons. The van der Waals surface area contributed by atoms with Crippen molar-refractivity contribution in [3.8, 4) is 0 Å². The summed E-state index contributed by atoms with van der Waals surface area (Å²) < 4.78 is 0. The van der Waals surface area contributed by atoms with Gasteiger partial charge in [0.25, 0.3) is 0 Å². The second kappa shape index (κ2) is 9.97. The van der Waals surface area contributed by atoms with E-state index in [-0.39, 0.29) is 11.9 Å². The third-order valence-electron chi connectivity index (χ3n) is 3.85. The maximum Gasteiger partial charge on any atom is 0.319 e. The van der Waals surface area contributed by atoms with Crippen LogP contribution in [-0.4, -0.2) is 18.5 Å². The summed E-state index contributed by atoms with van der Waals surface area (Å²) >= 11 is 0. The van der Waals surface area contributed by atoms with Crippen LogP contribution in [0, 0.1) is 0 Å². The third-order valence-corrected chi connectivity index (χ3v) is 3.85. The lowest BCUT2D eigenvalue weighted by Crippen LogP contribution is -2.28. The molecule has 2 aromatic carbocycles. The molecule has 0 fully saturated rings. The molecule has 0 aromatic heterocycles. The van der Waals surface area contributed by atoms with E-state index in [1.807, 2.05) is 12.1 Å². The Labute approximate surface area is 160 Å². The zero-order valence-electron chi connectivity index (χ0n) is 15.7. The minimum Gasteiger partial charge on any atom is -0.334 e. The molecule has 0 spiro atoms. The van der Waals surface area contributed by atoms with Gasteiger partial charge in [-0.05, 0) is 47.4 Å². The van der Waals surface area contributed by atoms with Crippen LogP contribution < -0.4 is 16.0 Å². The van der Waals surface area contributed by atoms with Gasteiger partial charge in [0.05, 0.1) is 0 Å². The van der Waals surface area contributed by atoms with Gasteiger partial charge in [0, 0.05) is 24.0 Å². The van der Waals surface area contributed by atoms with Crippen LogP contribution in [0.3, 0.4) is 0 Å². The van der Waals surface area contributed by atoms with E-state index >= 15 is 0 Å². The fourth-order valence-electron chi connectivity index (χ4n) is 2.32. The van der Waals surface area contributed by atoms with Gasteiger partial charge >= 0.3 is 6.03 Å². The molecule has 5 nitrogen and oxygen atoms in total. The molecule has 2 aromatic rings. The number of benzene rings is 2. The van der Waals surface area contributed by atoms with Crippen molar-refractivity contribution in [3.63, 3.8) is 0 Å². The summed E-state index contributed by atoms with van der Waals surface area (Å²) in [7, 11) is 0. The Balaban J connectivity index is 1.87. The average Bonchev–Trinajstić information content (AvgIpc) is 2.66. The number of amides is 3. The van der Waals surface area contributed by atoms with Gasteiger partial charge in [-0.15, -0.1) is 6.58 Å². The monoisotopic (exact) mass is 363 g/mol. The number of hydrogen-bond donors (Lipinski definition) is 3. The smallest absolute Gasteiger partial charge is 0.319 e. The van der Waals surface area contributed by atoms with E-state index in [0.717, 1.165) is 5.56 Å². The Bertz CT molecular complexity index is 806. The van der Waals surface area contributed by atoms with Crippen LogP contribution in [-0.2, 0) is 4.79 Å². The fourth-order valence-corrected chi connectivity index (χ4v) is 2.32. The van der Waals surface area contributed by atoms with Crippen molar-refractivity contribution >= 4 is 29.4 Å². The molecule has 2 rings (SSSR count). The molecule has 0 bridgehead atoms. The van der Waals surface area contributed by atoms with Crippen molar-refractivity contribution in [3.05, 3.63) is 78.4 Å². The largest absolute Gasteiger partial charge is 0.334 e. The molecule has 0 saturated carbocycles. The number of hydrogen-bond acceptors (Lipinski definition) is 2. The van der Waals surface area contributed by atoms with Crippen molar-refractivity contribution < 1.29 is 9.59 Å². The third kappa shape index (κ3) is 6.82. The molecule has 0 aliphatic rings. The number of nitrogens with one attached hydrogen (secondary N) is 3. The first-order valence-corrected chi connectivity index (χ1v) is 8.83. The summed E-state index contributed by atoms with van der Waals surface area (Å²) in [6.45, 7) is 8.22. The molecular formula is C22H25N3O2. The standard InChI is InChI=1S/C22H25N3O2/c1-4-15-23-22(27)25-20-12-10-19(11-13-20)24-21(26)14-7-17-5-8-18(9-6-17)16(2)3/h4-14,16H,1,15H2,2-3H3,(H,24,26)(H2,23,25,27)/b14-7+. The summed E-state index contributed by atoms with van der Waals surface area (Å²) in [5, 5.41) is 8.10. The lowest BCUT2D eigenvalue weighted by Gasteiger charge is -2.07. The minimum absolute atomic E-state index is 0.215. The molecule has 3 amide bonds. The summed E-state index contributed by atoms with van der Waals surface area (Å²) in [4.78, 5) is 23.6. The number of carbonyl (C=O) groups excluding carboxylic acids is 2. The predicted octanol–water partition coefficient (Wildman–Crippen LogP) is 4.77. The lowest BCUT2D eigenvalue weighted by molar-refractivity contribution is -0.111. The first kappa shape index (κ1) is 20.0. The van der Waals surface area contributed by atoms with Gasteiger partial charge < -0.3 is 16.0 Å². The quantitative estimate of drug-likeness (QED) is 0.490. The molecule has 0 radical (unpaired) electrons. The highest BCUT2D eigenvalue weighted by Crippen LogP contribution is 2.16. The Hall–Kier alpha value is -3.34. The van der Waals surface area contributed by atoms with Crippen LogP contribution in [0.15, 0.2) is 67.3 Å². The van der Waals surface area contributed by atoms with Gasteiger partial charge in [-0.3, -0.25) is 4.79 Å². The molecule has 3 N–H and O–H groups in total. The maximum atomic E-state index is 12.1. The van der Waals surface area contributed by atoms with Crippen LogP contribution in [0.5, 0.6) is 0 Å². The Morgan fingerprint density at radius 1 is 0.963 bits per heavy atom. The average molecular weight is 363 g/mol. The van der Waals surface area contributed by atoms with Crippen LogP contribution in [0.1, 0.15) is 30.9 Å². The first-order valence-electron chi connectivity index (χ1n) is 8.83. The van der Waals surface area contributed by atoms with Gasteiger partial charge in [-0.25, -0.2) is 4.79 Å². The maximum absolute atomic E-state index is 12.1. The predicted molar refractivity (Wildman–Crippen MR) is 112 cm³/mol. The van der Waals surface area contributed by atoms with Crippen LogP contribution >= 0.6 is 0 Å². The van der Waals surface area contributed by atoms with Crippen LogP contribution in [0.25, 0.3) is 6.08 Å². The normalized spacial score (nSPS) is 10.6. The molecule has 5 heteroatoms. The topological polar surface area (TPSA) is 70.2 Å². The van der Waals surface area contributed by atoms with Gasteiger partial charge in [-0.2, -0.15) is 0 Å². The van der Waals surface area contributed by atoms with E-state index in [9.17, 15) is 9.59 Å². The van der Waals surface area contributed by atoms with E-state index in [1.165, 1.54) is 11.6 Å². The van der Waals surface area contributed by atoms with Crippen molar-refractivity contribution in [1.29, 1.82) is 0 Å². The fraction of sp³-hybridized carbons (Fsp3) is 0.182. The Morgan fingerprint density at radius 2 is 1.56 bits per heavy atom. The van der Waals surface area contributed by atoms with Crippen molar-refractivity contribution in [2.45, 2.75) is 19.8 Å². The van der Waals surface area contributed by atoms with E-state index in [4.69, 9.17) is 0 Å². The van der Waals surface area contributed by atoms with E-state index in [1.54, 1.807) is 36.4 Å². The molecule has 0 saturated heterocycles. The van der Waals surface area contributed by atoms with E-state index < -0.39 is 0 Å². The summed E-state index contributed by atoms with van der Waals surface area (Å²) in [6.07, 6.45) is 4.88. The van der Waals surface area contributed by atoms with Crippen molar-refractivity contribution in [2.75, 3.05) is 17.2 Å². The molecule has 0 heterocycles. The number of carbonyl (C=O) groups is 2. The molecule has 0 aliphatic heterocycles. The second-order valence-corrected chi connectivity index (χ2v) is 6.35. The van der Waals surface area contributed by atoms with E-state index in [0.29, 0.717) is 23.8 Å². The molecule has 27 heavy (non-hydrogen) atoms. The van der Waals surface area contributed by atoms with Gasteiger partial charge in [0.2, 0.25) is 5.91 Å². The first-order chi connectivity index (χ1) is 13.0. The number of rotatable bonds is 7.